The van der Waals surface area contributed by atoms with Gasteiger partial charge >= 0.3 is 0 Å². The number of ether oxygens (including phenoxy) is 1. The van der Waals surface area contributed by atoms with Crippen LogP contribution in [0.3, 0.4) is 0 Å². The normalized spacial score (nSPS) is 11.1. The third-order valence-corrected chi connectivity index (χ3v) is 4.73. The molecule has 0 saturated heterocycles. The van der Waals surface area contributed by atoms with Crippen LogP contribution >= 0.6 is 0 Å². The summed E-state index contributed by atoms with van der Waals surface area (Å²) in [6.45, 7) is 8.00. The van der Waals surface area contributed by atoms with Gasteiger partial charge in [-0.2, -0.15) is 0 Å². The molecule has 1 N–H and O–H groups in total. The van der Waals surface area contributed by atoms with E-state index in [1.165, 1.54) is 5.56 Å². The predicted molar refractivity (Wildman–Crippen MR) is 119 cm³/mol. The zero-order valence-electron chi connectivity index (χ0n) is 17.5. The number of fused-ring (bicyclic) bond motifs is 1. The van der Waals surface area contributed by atoms with E-state index in [2.05, 4.69) is 23.3 Å². The van der Waals surface area contributed by atoms with Gasteiger partial charge in [-0.1, -0.05) is 23.8 Å². The molecule has 152 valence electrons. The second-order valence-corrected chi connectivity index (χ2v) is 7.67. The Morgan fingerprint density at radius 2 is 1.87 bits per heavy atom. The van der Waals surface area contributed by atoms with E-state index in [9.17, 15) is 4.79 Å². The molecular formula is C25H24N2O3. The molecule has 0 bridgehead atoms. The van der Waals surface area contributed by atoms with Gasteiger partial charge in [0.1, 0.15) is 11.3 Å². The minimum absolute atomic E-state index is 0.0456. The summed E-state index contributed by atoms with van der Waals surface area (Å²) in [7, 11) is 0. The Hall–Kier alpha value is -3.60. The van der Waals surface area contributed by atoms with Gasteiger partial charge in [0, 0.05) is 16.8 Å². The molecule has 1 heterocycles. The van der Waals surface area contributed by atoms with Crippen molar-refractivity contribution in [3.63, 3.8) is 0 Å². The average molecular weight is 400 g/mol. The van der Waals surface area contributed by atoms with Crippen molar-refractivity contribution in [2.24, 2.45) is 0 Å². The number of oxazole rings is 1. The summed E-state index contributed by atoms with van der Waals surface area (Å²) in [4.78, 5) is 17.3. The van der Waals surface area contributed by atoms with Crippen molar-refractivity contribution in [3.8, 4) is 17.2 Å². The molecule has 0 spiro atoms. The molecular weight excluding hydrogens is 376 g/mol. The topological polar surface area (TPSA) is 64.4 Å². The van der Waals surface area contributed by atoms with E-state index in [1.54, 1.807) is 12.1 Å². The van der Waals surface area contributed by atoms with Gasteiger partial charge in [-0.3, -0.25) is 4.79 Å². The largest absolute Gasteiger partial charge is 0.491 e. The van der Waals surface area contributed by atoms with Crippen LogP contribution in [0, 0.1) is 13.8 Å². The number of nitrogens with one attached hydrogen (secondary N) is 1. The maximum atomic E-state index is 12.7. The van der Waals surface area contributed by atoms with Crippen molar-refractivity contribution >= 4 is 22.7 Å². The lowest BCUT2D eigenvalue weighted by Crippen LogP contribution is -2.12. The van der Waals surface area contributed by atoms with E-state index in [4.69, 9.17) is 9.15 Å². The number of anilines is 1. The number of carbonyl (C=O) groups excluding carboxylic acids is 1. The molecule has 0 atom stereocenters. The van der Waals surface area contributed by atoms with Crippen molar-refractivity contribution < 1.29 is 13.9 Å². The highest BCUT2D eigenvalue weighted by molar-refractivity contribution is 6.05. The summed E-state index contributed by atoms with van der Waals surface area (Å²) >= 11 is 0. The van der Waals surface area contributed by atoms with Crippen LogP contribution in [-0.4, -0.2) is 17.0 Å². The Morgan fingerprint density at radius 1 is 1.03 bits per heavy atom. The van der Waals surface area contributed by atoms with Crippen molar-refractivity contribution in [2.45, 2.75) is 33.8 Å². The lowest BCUT2D eigenvalue weighted by Gasteiger charge is -2.11. The van der Waals surface area contributed by atoms with Crippen molar-refractivity contribution in [2.75, 3.05) is 5.32 Å². The van der Waals surface area contributed by atoms with E-state index in [1.807, 2.05) is 63.2 Å². The molecule has 0 aliphatic carbocycles. The lowest BCUT2D eigenvalue weighted by molar-refractivity contribution is 0.102. The first-order valence-electron chi connectivity index (χ1n) is 9.95. The summed E-state index contributed by atoms with van der Waals surface area (Å²) < 4.78 is 11.6. The van der Waals surface area contributed by atoms with Crippen LogP contribution in [-0.2, 0) is 0 Å². The summed E-state index contributed by atoms with van der Waals surface area (Å²) in [5, 5.41) is 2.92. The van der Waals surface area contributed by atoms with Crippen molar-refractivity contribution in [3.05, 3.63) is 77.4 Å². The number of aromatic nitrogens is 1. The van der Waals surface area contributed by atoms with Crippen molar-refractivity contribution in [1.29, 1.82) is 0 Å². The van der Waals surface area contributed by atoms with Crippen LogP contribution in [0.5, 0.6) is 5.75 Å². The van der Waals surface area contributed by atoms with E-state index < -0.39 is 0 Å². The molecule has 0 aliphatic rings. The number of nitrogens with zero attached hydrogens (tertiary/aromatic N) is 1. The minimum atomic E-state index is -0.207. The first-order chi connectivity index (χ1) is 14.4. The molecule has 0 radical (unpaired) electrons. The van der Waals surface area contributed by atoms with Gasteiger partial charge in [0.2, 0.25) is 5.89 Å². The Bertz CT molecular complexity index is 1220. The maximum Gasteiger partial charge on any atom is 0.255 e. The summed E-state index contributed by atoms with van der Waals surface area (Å²) in [6, 6.07) is 18.8. The standard InChI is InChI=1S/C25H24N2O3/c1-15(2)29-20-7-5-6-18(13-20)24(28)26-19-9-11-23-22(14-19)27-25(30-23)21-10-8-16(3)12-17(21)4/h5-15H,1-4H3,(H,26,28). The molecule has 1 amide bonds. The monoisotopic (exact) mass is 400 g/mol. The Balaban J connectivity index is 1.57. The SMILES string of the molecule is Cc1ccc(-c2nc3cc(NC(=O)c4cccc(OC(C)C)c4)ccc3o2)c(C)c1. The fourth-order valence-electron chi connectivity index (χ4n) is 3.36. The predicted octanol–water partition coefficient (Wildman–Crippen LogP) is 6.15. The Morgan fingerprint density at radius 3 is 2.63 bits per heavy atom. The molecule has 5 nitrogen and oxygen atoms in total. The lowest BCUT2D eigenvalue weighted by atomic mass is 10.1. The third kappa shape index (κ3) is 4.20. The summed E-state index contributed by atoms with van der Waals surface area (Å²) in [5.74, 6) is 1.04. The van der Waals surface area contributed by atoms with Crippen molar-refractivity contribution in [1.82, 2.24) is 4.98 Å². The number of aryl methyl sites for hydroxylation is 2. The molecule has 30 heavy (non-hydrogen) atoms. The molecule has 0 aliphatic heterocycles. The van der Waals surface area contributed by atoms with Gasteiger partial charge < -0.3 is 14.5 Å². The van der Waals surface area contributed by atoms with Gasteiger partial charge in [0.15, 0.2) is 5.58 Å². The van der Waals surface area contributed by atoms with Crippen LogP contribution in [0.4, 0.5) is 5.69 Å². The molecule has 3 aromatic carbocycles. The summed E-state index contributed by atoms with van der Waals surface area (Å²) in [6.07, 6.45) is 0.0456. The van der Waals surface area contributed by atoms with Crippen LogP contribution in [0.2, 0.25) is 0 Å². The second kappa shape index (κ2) is 8.03. The molecule has 0 saturated carbocycles. The number of amides is 1. The molecule has 1 aromatic heterocycles. The second-order valence-electron chi connectivity index (χ2n) is 7.67. The number of hydrogen-bond donors (Lipinski definition) is 1. The van der Waals surface area contributed by atoms with Crippen LogP contribution in [0.25, 0.3) is 22.6 Å². The highest BCUT2D eigenvalue weighted by Gasteiger charge is 2.13. The Kier molecular flexibility index (Phi) is 5.27. The van der Waals surface area contributed by atoms with Crippen LogP contribution in [0.15, 0.2) is 65.1 Å². The first-order valence-corrected chi connectivity index (χ1v) is 9.95. The first kappa shape index (κ1) is 19.7. The molecule has 5 heteroatoms. The molecule has 0 unspecified atom stereocenters. The highest BCUT2D eigenvalue weighted by atomic mass is 16.5. The smallest absolute Gasteiger partial charge is 0.255 e. The zero-order valence-corrected chi connectivity index (χ0v) is 17.5. The van der Waals surface area contributed by atoms with Gasteiger partial charge in [-0.15, -0.1) is 0 Å². The fourth-order valence-corrected chi connectivity index (χ4v) is 3.36. The molecule has 4 rings (SSSR count). The quantitative estimate of drug-likeness (QED) is 0.436. The van der Waals surface area contributed by atoms with Gasteiger partial charge in [0.25, 0.3) is 5.91 Å². The maximum absolute atomic E-state index is 12.7. The third-order valence-electron chi connectivity index (χ3n) is 4.73. The van der Waals surface area contributed by atoms with E-state index >= 15 is 0 Å². The number of carbonyl (C=O) groups is 1. The van der Waals surface area contributed by atoms with E-state index in [-0.39, 0.29) is 12.0 Å². The van der Waals surface area contributed by atoms with E-state index in [0.717, 1.165) is 11.1 Å². The zero-order chi connectivity index (χ0) is 21.3. The number of rotatable bonds is 5. The number of hydrogen-bond acceptors (Lipinski definition) is 4. The van der Waals surface area contributed by atoms with Crippen LogP contribution in [0.1, 0.15) is 35.3 Å². The Labute approximate surface area is 175 Å². The van der Waals surface area contributed by atoms with Gasteiger partial charge in [-0.05, 0) is 75.7 Å². The molecule has 0 fully saturated rings. The number of benzene rings is 3. The van der Waals surface area contributed by atoms with Gasteiger partial charge in [-0.25, -0.2) is 4.98 Å². The fraction of sp³-hybridized carbons (Fsp3) is 0.200. The highest BCUT2D eigenvalue weighted by Crippen LogP contribution is 2.29. The summed E-state index contributed by atoms with van der Waals surface area (Å²) in [5.41, 5.74) is 5.82. The minimum Gasteiger partial charge on any atom is -0.491 e. The van der Waals surface area contributed by atoms with E-state index in [0.29, 0.717) is 34.0 Å². The average Bonchev–Trinajstić information content (AvgIpc) is 3.10. The molecule has 4 aromatic rings. The van der Waals surface area contributed by atoms with Gasteiger partial charge in [0.05, 0.1) is 6.10 Å². The van der Waals surface area contributed by atoms with Crippen LogP contribution < -0.4 is 10.1 Å².